The number of methoxy groups -OCH3 is 2. The molecule has 2 N–H and O–H groups in total. The van der Waals surface area contributed by atoms with Gasteiger partial charge in [-0.25, -0.2) is 18.7 Å². The van der Waals surface area contributed by atoms with Crippen LogP contribution in [0.5, 0.6) is 11.5 Å². The van der Waals surface area contributed by atoms with E-state index in [0.29, 0.717) is 81.9 Å². The average molecular weight is 905 g/mol. The Morgan fingerprint density at radius 2 is 1.22 bits per heavy atom. The van der Waals surface area contributed by atoms with Crippen LogP contribution >= 0.6 is 0 Å². The summed E-state index contributed by atoms with van der Waals surface area (Å²) in [7, 11) is 3.16. The molecule has 2 unspecified atom stereocenters. The molecular weight excluding hydrogens is 859 g/mol. The number of nitrogens with one attached hydrogen (secondary N) is 2. The Morgan fingerprint density at radius 3 is 1.81 bits per heavy atom. The molecule has 15 nitrogen and oxygen atoms in total. The highest BCUT2D eigenvalue weighted by Gasteiger charge is 2.40. The lowest BCUT2D eigenvalue weighted by Crippen LogP contribution is -2.53. The second kappa shape index (κ2) is 17.1. The molecule has 0 aliphatic carbocycles. The molecule has 0 radical (unpaired) electrons. The highest BCUT2D eigenvalue weighted by atomic mass is 19.1. The number of rotatable bonds is 12. The fraction of sp³-hybridized carbons (Fsp3) is 0.240. The van der Waals surface area contributed by atoms with Crippen molar-refractivity contribution >= 4 is 12.2 Å². The van der Waals surface area contributed by atoms with Crippen LogP contribution in [0.25, 0.3) is 23.5 Å². The minimum atomic E-state index is -1.03. The zero-order chi connectivity index (χ0) is 46.5. The number of aromatic amines is 2. The maximum Gasteiger partial charge on any atom is 0.277 e. The lowest BCUT2D eigenvalue weighted by Gasteiger charge is -2.36. The molecule has 6 heterocycles. The molecule has 0 fully saturated rings. The van der Waals surface area contributed by atoms with Crippen LogP contribution in [-0.2, 0) is 22.4 Å². The van der Waals surface area contributed by atoms with E-state index in [9.17, 15) is 18.4 Å². The van der Waals surface area contributed by atoms with Crippen LogP contribution in [0.3, 0.4) is 0 Å². The standard InChI is InChI=1S/C50H46F2N10O5/c1-31-25-59(29-55-31)41-15-5-33(23-43(41)65-3)22-40-46(64)62-48(58-40)54-20-18-50(62,35-9-13-37(52)14-10-35)28-67-27-38-26-60(30-56-38)42-16-6-32(24-44(42)66-4)21-39-45(63)61-47(57-39)53-19-17-49(61,2)34-7-11-36(51)12-8-34/h5-16,21-26,29-30H,17-20,27-28H2,1-4H3,(H,53,57)(H,54,58)/b39-21-,40-22-. The number of nitrogens with zero attached hydrogens (tertiary/aromatic N) is 8. The summed E-state index contributed by atoms with van der Waals surface area (Å²) in [6.07, 6.45) is 11.6. The maximum absolute atomic E-state index is 14.5. The molecule has 2 aliphatic heterocycles. The van der Waals surface area contributed by atoms with Gasteiger partial charge in [-0.05, 0) is 110 Å². The van der Waals surface area contributed by atoms with Gasteiger partial charge in [0.05, 0.1) is 68.4 Å². The van der Waals surface area contributed by atoms with Gasteiger partial charge in [0.15, 0.2) is 0 Å². The van der Waals surface area contributed by atoms with Crippen molar-refractivity contribution in [3.05, 3.63) is 198 Å². The van der Waals surface area contributed by atoms with E-state index in [1.54, 1.807) is 72.4 Å². The van der Waals surface area contributed by atoms with Gasteiger partial charge in [-0.1, -0.05) is 36.4 Å². The van der Waals surface area contributed by atoms with Gasteiger partial charge in [-0.3, -0.25) is 28.7 Å². The molecule has 0 spiro atoms. The molecule has 8 aromatic rings. The minimum absolute atomic E-state index is 0.0599. The van der Waals surface area contributed by atoms with Crippen LogP contribution in [0, 0.1) is 18.6 Å². The molecule has 67 heavy (non-hydrogen) atoms. The Hall–Kier alpha value is -7.92. The summed E-state index contributed by atoms with van der Waals surface area (Å²) >= 11 is 0. The summed E-state index contributed by atoms with van der Waals surface area (Å²) in [4.78, 5) is 53.0. The summed E-state index contributed by atoms with van der Waals surface area (Å²) in [5.74, 6) is 0.399. The molecule has 4 aromatic carbocycles. The Morgan fingerprint density at radius 1 is 0.687 bits per heavy atom. The Bertz CT molecular complexity index is 3550. The fourth-order valence-electron chi connectivity index (χ4n) is 9.23. The normalized spacial score (nSPS) is 18.3. The summed E-state index contributed by atoms with van der Waals surface area (Å²) in [6.45, 7) is 4.93. The van der Waals surface area contributed by atoms with Crippen LogP contribution in [0.4, 0.5) is 8.78 Å². The van der Waals surface area contributed by atoms with Gasteiger partial charge in [0.2, 0.25) is 11.2 Å². The first-order valence-corrected chi connectivity index (χ1v) is 21.7. The van der Waals surface area contributed by atoms with Crippen LogP contribution in [0.1, 0.15) is 53.4 Å². The third-order valence-corrected chi connectivity index (χ3v) is 12.7. The number of ether oxygens (including phenoxy) is 3. The quantitative estimate of drug-likeness (QED) is 0.187. The number of hydrogen-bond donors (Lipinski definition) is 2. The van der Waals surface area contributed by atoms with E-state index < -0.39 is 16.9 Å². The van der Waals surface area contributed by atoms with E-state index in [2.05, 4.69) is 24.9 Å². The Labute approximate surface area is 381 Å². The van der Waals surface area contributed by atoms with E-state index in [0.717, 1.165) is 22.5 Å². The molecule has 17 heteroatoms. The van der Waals surface area contributed by atoms with E-state index in [4.69, 9.17) is 19.2 Å². The van der Waals surface area contributed by atoms with Crippen molar-refractivity contribution in [3.63, 3.8) is 0 Å². The van der Waals surface area contributed by atoms with Crippen molar-refractivity contribution in [1.82, 2.24) is 38.2 Å². The maximum atomic E-state index is 14.5. The van der Waals surface area contributed by atoms with Crippen molar-refractivity contribution in [3.8, 4) is 22.9 Å². The first-order chi connectivity index (χ1) is 32.5. The topological polar surface area (TPSA) is 164 Å². The number of aromatic nitrogens is 8. The van der Waals surface area contributed by atoms with Gasteiger partial charge in [-0.2, -0.15) is 0 Å². The zero-order valence-corrected chi connectivity index (χ0v) is 37.2. The molecule has 0 bridgehead atoms. The molecule has 2 atom stereocenters. The largest absolute Gasteiger partial charge is 0.495 e. The second-order valence-electron chi connectivity index (χ2n) is 16.9. The van der Waals surface area contributed by atoms with Gasteiger partial charge in [0.25, 0.3) is 11.1 Å². The molecule has 4 aromatic heterocycles. The first kappa shape index (κ1) is 43.0. The number of hydrogen-bond acceptors (Lipinski definition) is 9. The van der Waals surface area contributed by atoms with Gasteiger partial charge in [-0.15, -0.1) is 0 Å². The van der Waals surface area contributed by atoms with Crippen molar-refractivity contribution in [2.24, 2.45) is 9.98 Å². The van der Waals surface area contributed by atoms with E-state index >= 15 is 0 Å². The molecule has 0 saturated heterocycles. The number of fused-ring (bicyclic) bond motifs is 2. The first-order valence-electron chi connectivity index (χ1n) is 21.7. The number of imidazole rings is 4. The highest BCUT2D eigenvalue weighted by Crippen LogP contribution is 2.32. The molecule has 2 aliphatic rings. The van der Waals surface area contributed by atoms with Gasteiger partial charge in [0.1, 0.15) is 39.4 Å². The lowest BCUT2D eigenvalue weighted by atomic mass is 9.86. The zero-order valence-electron chi connectivity index (χ0n) is 37.2. The Kier molecular flexibility index (Phi) is 11.0. The summed E-state index contributed by atoms with van der Waals surface area (Å²) in [6, 6.07) is 23.6. The second-order valence-corrected chi connectivity index (χ2v) is 16.9. The Balaban J connectivity index is 0.911. The average Bonchev–Trinajstić information content (AvgIpc) is 4.13. The molecule has 0 amide bonds. The highest BCUT2D eigenvalue weighted by molar-refractivity contribution is 5.59. The number of aryl methyl sites for hydroxylation is 1. The van der Waals surface area contributed by atoms with Crippen molar-refractivity contribution in [1.29, 1.82) is 0 Å². The van der Waals surface area contributed by atoms with Crippen LogP contribution < -0.4 is 42.5 Å². The third-order valence-electron chi connectivity index (χ3n) is 12.7. The minimum Gasteiger partial charge on any atom is -0.495 e. The van der Waals surface area contributed by atoms with E-state index in [1.165, 1.54) is 24.3 Å². The molecule has 10 rings (SSSR count). The number of benzene rings is 4. The van der Waals surface area contributed by atoms with Crippen molar-refractivity contribution in [2.45, 2.75) is 44.4 Å². The van der Waals surface area contributed by atoms with E-state index in [1.807, 2.05) is 71.8 Å². The fourth-order valence-corrected chi connectivity index (χ4v) is 9.23. The molecule has 340 valence electrons. The lowest BCUT2D eigenvalue weighted by molar-refractivity contribution is 0.0466. The summed E-state index contributed by atoms with van der Waals surface area (Å²) in [5, 5.41) is 0.670. The number of H-pyrrole nitrogens is 2. The monoisotopic (exact) mass is 904 g/mol. The predicted octanol–water partition coefficient (Wildman–Crippen LogP) is 4.07. The predicted molar refractivity (Wildman–Crippen MR) is 245 cm³/mol. The molecular formula is C50H46F2N10O5. The smallest absolute Gasteiger partial charge is 0.277 e. The van der Waals surface area contributed by atoms with Crippen LogP contribution in [0.2, 0.25) is 0 Å². The van der Waals surface area contributed by atoms with Crippen LogP contribution in [0.15, 0.2) is 130 Å². The van der Waals surface area contributed by atoms with Gasteiger partial charge < -0.3 is 33.3 Å². The number of halogens is 2. The van der Waals surface area contributed by atoms with Gasteiger partial charge >= 0.3 is 0 Å². The SMILES string of the molecule is COc1cc(/C=c2\[nH]c3n(c2=O)C(COCc2cn(-c4ccc(/C=c5\[nH]c6n(c5=O)C(C)(c5ccc(F)cc5)CCN=6)cc4OC)cn2)(c2ccc(F)cc2)CCN=3)ccc1-n1cnc(C)c1. The van der Waals surface area contributed by atoms with E-state index in [-0.39, 0.29) is 30.1 Å². The third kappa shape index (κ3) is 7.79. The van der Waals surface area contributed by atoms with Crippen molar-refractivity contribution < 1.29 is 23.0 Å². The van der Waals surface area contributed by atoms with Crippen molar-refractivity contribution in [2.75, 3.05) is 33.9 Å². The van der Waals surface area contributed by atoms with Gasteiger partial charge in [0, 0.05) is 25.5 Å². The molecule has 0 saturated carbocycles. The van der Waals surface area contributed by atoms with Crippen LogP contribution in [-0.4, -0.2) is 72.1 Å². The summed E-state index contributed by atoms with van der Waals surface area (Å²) < 4.78 is 53.1. The summed E-state index contributed by atoms with van der Waals surface area (Å²) in [5.41, 5.74) is 4.50.